The minimum Gasteiger partial charge on any atom is -0.179 e. The molecule has 0 N–H and O–H groups in total. The minimum absolute atomic E-state index is 0.783. The van der Waals surface area contributed by atoms with E-state index in [-0.39, 0.29) is 0 Å². The standard InChI is InChI=1S/C5H11Cl3SSi/c6-10(7,8)5-3-1-2-4-9/h9H,1-5H2. The highest BCUT2D eigenvalue weighted by Gasteiger charge is 2.23. The van der Waals surface area contributed by atoms with Gasteiger partial charge in [-0.2, -0.15) is 12.6 Å². The van der Waals surface area contributed by atoms with E-state index in [9.17, 15) is 0 Å². The van der Waals surface area contributed by atoms with Crippen molar-refractivity contribution in [3.05, 3.63) is 0 Å². The van der Waals surface area contributed by atoms with E-state index in [4.69, 9.17) is 33.2 Å². The summed E-state index contributed by atoms with van der Waals surface area (Å²) in [6, 6.07) is -1.53. The van der Waals surface area contributed by atoms with Crippen molar-refractivity contribution in [1.29, 1.82) is 0 Å². The van der Waals surface area contributed by atoms with Gasteiger partial charge in [-0.25, -0.2) is 0 Å². The Morgan fingerprint density at radius 3 is 2.00 bits per heavy atom. The lowest BCUT2D eigenvalue weighted by molar-refractivity contribution is 0.776. The number of hydrogen-bond donors (Lipinski definition) is 1. The first-order valence-electron chi connectivity index (χ1n) is 3.24. The van der Waals surface area contributed by atoms with Crippen LogP contribution >= 0.6 is 45.9 Å². The molecule has 0 fully saturated rings. The van der Waals surface area contributed by atoms with Gasteiger partial charge in [-0.3, -0.25) is 0 Å². The smallest absolute Gasteiger partial charge is 0.179 e. The Labute approximate surface area is 82.8 Å². The van der Waals surface area contributed by atoms with Crippen molar-refractivity contribution in [3.8, 4) is 0 Å². The van der Waals surface area contributed by atoms with Crippen LogP contribution in [0, 0.1) is 0 Å². The summed E-state index contributed by atoms with van der Waals surface area (Å²) in [7, 11) is 0. The van der Waals surface area contributed by atoms with Crippen molar-refractivity contribution < 1.29 is 0 Å². The molecule has 0 rings (SSSR count). The summed E-state index contributed by atoms with van der Waals surface area (Å²) in [6.45, 7) is 0. The van der Waals surface area contributed by atoms with E-state index in [1.807, 2.05) is 0 Å². The second kappa shape index (κ2) is 6.01. The number of hydrogen-bond acceptors (Lipinski definition) is 1. The Balaban J connectivity index is 3.04. The Hall–Kier alpha value is 1.44. The molecule has 0 amide bonds. The first-order chi connectivity index (χ1) is 4.56. The van der Waals surface area contributed by atoms with Crippen LogP contribution in [0.4, 0.5) is 0 Å². The molecule has 5 heteroatoms. The fraction of sp³-hybridized carbons (Fsp3) is 1.00. The molecular weight excluding hydrogens is 227 g/mol. The normalized spacial score (nSPS) is 12.0. The molecule has 0 heterocycles. The zero-order valence-corrected chi connectivity index (χ0v) is 9.78. The lowest BCUT2D eigenvalue weighted by Gasteiger charge is -2.05. The third-order valence-corrected chi connectivity index (χ3v) is 4.06. The van der Waals surface area contributed by atoms with E-state index in [0.717, 1.165) is 31.1 Å². The molecule has 0 aliphatic carbocycles. The number of rotatable bonds is 5. The van der Waals surface area contributed by atoms with Crippen molar-refractivity contribution in [2.24, 2.45) is 0 Å². The van der Waals surface area contributed by atoms with E-state index >= 15 is 0 Å². The van der Waals surface area contributed by atoms with Crippen LogP contribution in [0.25, 0.3) is 0 Å². The summed E-state index contributed by atoms with van der Waals surface area (Å²) in [5, 5.41) is 0. The molecule has 0 nitrogen and oxygen atoms in total. The van der Waals surface area contributed by atoms with E-state index in [0.29, 0.717) is 0 Å². The fourth-order valence-electron chi connectivity index (χ4n) is 0.614. The summed E-state index contributed by atoms with van der Waals surface area (Å²) in [5.41, 5.74) is 0. The number of thiol groups is 1. The summed E-state index contributed by atoms with van der Waals surface area (Å²) in [6.07, 6.45) is 3.28. The third-order valence-electron chi connectivity index (χ3n) is 1.12. The van der Waals surface area contributed by atoms with E-state index < -0.39 is 6.00 Å². The van der Waals surface area contributed by atoms with Crippen LogP contribution < -0.4 is 0 Å². The predicted molar refractivity (Wildman–Crippen MR) is 55.8 cm³/mol. The summed E-state index contributed by atoms with van der Waals surface area (Å²) >= 11 is 21.1. The highest BCUT2D eigenvalue weighted by Crippen LogP contribution is 2.27. The van der Waals surface area contributed by atoms with Crippen LogP contribution in [0.3, 0.4) is 0 Å². The largest absolute Gasteiger partial charge is 0.341 e. The molecule has 0 aromatic carbocycles. The molecule has 0 aromatic heterocycles. The lowest BCUT2D eigenvalue weighted by Crippen LogP contribution is -2.07. The molecule has 0 unspecified atom stereocenters. The van der Waals surface area contributed by atoms with Crippen LogP contribution in [0.5, 0.6) is 0 Å². The molecule has 62 valence electrons. The van der Waals surface area contributed by atoms with Gasteiger partial charge in [0, 0.05) is 0 Å². The Morgan fingerprint density at radius 1 is 1.00 bits per heavy atom. The molecule has 0 aromatic rings. The van der Waals surface area contributed by atoms with Gasteiger partial charge in [0.25, 0.3) is 0 Å². The maximum atomic E-state index is 5.66. The lowest BCUT2D eigenvalue weighted by atomic mass is 10.3. The van der Waals surface area contributed by atoms with Gasteiger partial charge in [0.1, 0.15) is 0 Å². The second-order valence-electron chi connectivity index (χ2n) is 2.15. The molecule has 0 aliphatic rings. The molecule has 0 aliphatic heterocycles. The van der Waals surface area contributed by atoms with Crippen molar-refractivity contribution in [2.45, 2.75) is 25.3 Å². The topological polar surface area (TPSA) is 0 Å². The highest BCUT2D eigenvalue weighted by molar-refractivity contribution is 7.80. The summed E-state index contributed by atoms with van der Waals surface area (Å²) in [5.74, 6) is 0.932. The minimum atomic E-state index is -2.32. The quantitative estimate of drug-likeness (QED) is 0.320. The molecule has 0 saturated carbocycles. The molecule has 0 saturated heterocycles. The number of halogens is 3. The first-order valence-corrected chi connectivity index (χ1v) is 9.11. The third kappa shape index (κ3) is 9.44. The first kappa shape index (κ1) is 11.4. The van der Waals surface area contributed by atoms with Crippen LogP contribution in [0.2, 0.25) is 6.04 Å². The highest BCUT2D eigenvalue weighted by atomic mass is 35.8. The summed E-state index contributed by atoms with van der Waals surface area (Å²) in [4.78, 5) is 0. The SMILES string of the molecule is SCCCCC[Si](Cl)(Cl)Cl. The van der Waals surface area contributed by atoms with Crippen molar-refractivity contribution in [1.82, 2.24) is 0 Å². The average molecular weight is 238 g/mol. The second-order valence-corrected chi connectivity index (χ2v) is 11.9. The molecule has 0 radical (unpaired) electrons. The van der Waals surface area contributed by atoms with Gasteiger partial charge in [0.2, 0.25) is 0 Å². The zero-order chi connectivity index (χ0) is 8.04. The number of unbranched alkanes of at least 4 members (excludes halogenated alkanes) is 2. The Kier molecular flexibility index (Phi) is 6.87. The fourth-order valence-corrected chi connectivity index (χ4v) is 2.69. The predicted octanol–water partition coefficient (Wildman–Crippen LogP) is 3.74. The van der Waals surface area contributed by atoms with Crippen LogP contribution in [-0.2, 0) is 0 Å². The molecule has 0 atom stereocenters. The molecule has 0 bridgehead atoms. The van der Waals surface area contributed by atoms with Gasteiger partial charge in [-0.15, -0.1) is 33.2 Å². The Bertz CT molecular complexity index is 83.5. The maximum absolute atomic E-state index is 5.66. The monoisotopic (exact) mass is 236 g/mol. The van der Waals surface area contributed by atoms with Gasteiger partial charge in [-0.1, -0.05) is 12.8 Å². The van der Waals surface area contributed by atoms with Crippen LogP contribution in [0.15, 0.2) is 0 Å². The molecule has 10 heavy (non-hydrogen) atoms. The van der Waals surface area contributed by atoms with Gasteiger partial charge in [-0.05, 0) is 18.2 Å². The van der Waals surface area contributed by atoms with Crippen LogP contribution in [-0.4, -0.2) is 11.8 Å². The van der Waals surface area contributed by atoms with Gasteiger partial charge < -0.3 is 0 Å². The van der Waals surface area contributed by atoms with Crippen molar-refractivity contribution in [2.75, 3.05) is 5.75 Å². The molecular formula is C5H11Cl3SSi. The zero-order valence-electron chi connectivity index (χ0n) is 5.62. The summed E-state index contributed by atoms with van der Waals surface area (Å²) < 4.78 is 0. The van der Waals surface area contributed by atoms with Crippen molar-refractivity contribution >= 4 is 51.9 Å². The van der Waals surface area contributed by atoms with Gasteiger partial charge >= 0.3 is 6.00 Å². The van der Waals surface area contributed by atoms with E-state index in [1.165, 1.54) is 0 Å². The van der Waals surface area contributed by atoms with Gasteiger partial charge in [0.15, 0.2) is 0 Å². The van der Waals surface area contributed by atoms with Crippen LogP contribution in [0.1, 0.15) is 19.3 Å². The van der Waals surface area contributed by atoms with E-state index in [2.05, 4.69) is 12.6 Å². The maximum Gasteiger partial charge on any atom is 0.341 e. The van der Waals surface area contributed by atoms with Crippen molar-refractivity contribution in [3.63, 3.8) is 0 Å². The molecule has 0 spiro atoms. The van der Waals surface area contributed by atoms with Gasteiger partial charge in [0.05, 0.1) is 0 Å². The van der Waals surface area contributed by atoms with E-state index in [1.54, 1.807) is 0 Å². The Morgan fingerprint density at radius 2 is 1.60 bits per heavy atom. The average Bonchev–Trinajstić information content (AvgIpc) is 1.78.